The first-order chi connectivity index (χ1) is 7.70. The predicted octanol–water partition coefficient (Wildman–Crippen LogP) is 2.61. The molecule has 16 heavy (non-hydrogen) atoms. The molecule has 2 aromatic rings. The summed E-state index contributed by atoms with van der Waals surface area (Å²) in [5, 5.41) is 2.95. The fraction of sp³-hybridized carbons (Fsp3) is 0. The molecule has 82 valence electrons. The van der Waals surface area contributed by atoms with Gasteiger partial charge in [-0.1, -0.05) is 35.1 Å². The maximum Gasteiger partial charge on any atom is 0.213 e. The van der Waals surface area contributed by atoms with E-state index in [1.807, 2.05) is 12.1 Å². The summed E-state index contributed by atoms with van der Waals surface area (Å²) in [6.07, 6.45) is 0.571. The van der Waals surface area contributed by atoms with Crippen molar-refractivity contribution in [2.45, 2.75) is 0 Å². The molecule has 1 aromatic carbocycles. The van der Waals surface area contributed by atoms with Crippen molar-refractivity contribution in [2.24, 2.45) is 0 Å². The van der Waals surface area contributed by atoms with Gasteiger partial charge in [0.2, 0.25) is 6.41 Å². The third kappa shape index (κ3) is 2.15. The van der Waals surface area contributed by atoms with Crippen molar-refractivity contribution < 1.29 is 4.79 Å². The van der Waals surface area contributed by atoms with Crippen molar-refractivity contribution in [3.05, 3.63) is 28.6 Å². The number of nitrogens with two attached hydrogens (primary N) is 1. The first-order valence-corrected chi connectivity index (χ1v) is 5.62. The van der Waals surface area contributed by atoms with Crippen LogP contribution >= 0.6 is 22.9 Å². The van der Waals surface area contributed by atoms with E-state index in [2.05, 4.69) is 10.3 Å². The van der Waals surface area contributed by atoms with Crippen LogP contribution < -0.4 is 11.1 Å². The Kier molecular flexibility index (Phi) is 3.07. The average Bonchev–Trinajstić information content (AvgIpc) is 2.61. The first-order valence-electron chi connectivity index (χ1n) is 4.43. The largest absolute Gasteiger partial charge is 0.399 e. The third-order valence-electron chi connectivity index (χ3n) is 1.95. The Labute approximate surface area is 101 Å². The number of nitrogen functional groups attached to an aromatic ring is 1. The van der Waals surface area contributed by atoms with Crippen molar-refractivity contribution in [1.29, 1.82) is 0 Å². The van der Waals surface area contributed by atoms with Gasteiger partial charge in [0.15, 0.2) is 5.13 Å². The zero-order valence-corrected chi connectivity index (χ0v) is 9.68. The summed E-state index contributed by atoms with van der Waals surface area (Å²) in [4.78, 5) is 14.5. The Hall–Kier alpha value is -1.59. The molecular formula is C10H8ClN3OS. The highest BCUT2D eigenvalue weighted by Gasteiger charge is 2.10. The lowest BCUT2D eigenvalue weighted by atomic mass is 10.1. The van der Waals surface area contributed by atoms with Gasteiger partial charge >= 0.3 is 0 Å². The molecule has 1 aromatic heterocycles. The second-order valence-electron chi connectivity index (χ2n) is 3.03. The lowest BCUT2D eigenvalue weighted by Gasteiger charge is -1.98. The maximum absolute atomic E-state index is 10.3. The van der Waals surface area contributed by atoms with Gasteiger partial charge in [0, 0.05) is 11.3 Å². The Morgan fingerprint density at radius 3 is 2.69 bits per heavy atom. The summed E-state index contributed by atoms with van der Waals surface area (Å²) in [6, 6.07) is 7.22. The first kappa shape index (κ1) is 10.9. The molecule has 0 aliphatic heterocycles. The number of amides is 1. The minimum absolute atomic E-state index is 0.479. The number of nitrogens with zero attached hydrogens (tertiary/aromatic N) is 1. The molecule has 0 spiro atoms. The van der Waals surface area contributed by atoms with Crippen molar-refractivity contribution in [3.63, 3.8) is 0 Å². The lowest BCUT2D eigenvalue weighted by Crippen LogP contribution is -1.92. The summed E-state index contributed by atoms with van der Waals surface area (Å²) >= 11 is 7.24. The van der Waals surface area contributed by atoms with Gasteiger partial charge in [-0.05, 0) is 12.1 Å². The third-order valence-corrected chi connectivity index (χ3v) is 3.14. The summed E-state index contributed by atoms with van der Waals surface area (Å²) in [5.74, 6) is 0. The van der Waals surface area contributed by atoms with E-state index in [0.29, 0.717) is 27.3 Å². The number of nitrogens with one attached hydrogen (secondary N) is 1. The van der Waals surface area contributed by atoms with Crippen LogP contribution in [-0.4, -0.2) is 11.4 Å². The average molecular weight is 254 g/mol. The van der Waals surface area contributed by atoms with Crippen LogP contribution in [0.3, 0.4) is 0 Å². The monoisotopic (exact) mass is 253 g/mol. The minimum Gasteiger partial charge on any atom is -0.399 e. The number of halogens is 1. The van der Waals surface area contributed by atoms with Crippen LogP contribution in [0.5, 0.6) is 0 Å². The number of carbonyl (C=O) groups is 1. The van der Waals surface area contributed by atoms with Crippen LogP contribution in [0.4, 0.5) is 10.8 Å². The Morgan fingerprint density at radius 2 is 2.06 bits per heavy atom. The van der Waals surface area contributed by atoms with E-state index < -0.39 is 0 Å². The molecule has 0 bridgehead atoms. The second-order valence-corrected chi connectivity index (χ2v) is 4.63. The van der Waals surface area contributed by atoms with Crippen LogP contribution in [0.1, 0.15) is 0 Å². The van der Waals surface area contributed by atoms with Crippen LogP contribution in [0, 0.1) is 0 Å². The SMILES string of the molecule is Nc1ccc(-c2nc(NC=O)sc2Cl)cc1. The molecule has 0 fully saturated rings. The van der Waals surface area contributed by atoms with Gasteiger partial charge in [-0.25, -0.2) is 4.98 Å². The van der Waals surface area contributed by atoms with E-state index >= 15 is 0 Å². The Balaban J connectivity index is 2.39. The standard InChI is InChI=1S/C10H8ClN3OS/c11-9-8(14-10(16-9)13-5-15)6-1-3-7(12)4-2-6/h1-5H,12H2,(H,13,14,15). The Morgan fingerprint density at radius 1 is 1.38 bits per heavy atom. The number of thiazole rings is 1. The van der Waals surface area contributed by atoms with E-state index in [1.165, 1.54) is 11.3 Å². The summed E-state index contributed by atoms with van der Waals surface area (Å²) in [7, 11) is 0. The van der Waals surface area contributed by atoms with E-state index in [1.54, 1.807) is 12.1 Å². The van der Waals surface area contributed by atoms with Crippen molar-refractivity contribution in [2.75, 3.05) is 11.1 Å². The Bertz CT molecular complexity index is 509. The van der Waals surface area contributed by atoms with Gasteiger partial charge in [0.05, 0.1) is 0 Å². The molecule has 0 aliphatic carbocycles. The van der Waals surface area contributed by atoms with E-state index in [-0.39, 0.29) is 0 Å². The van der Waals surface area contributed by atoms with E-state index in [9.17, 15) is 4.79 Å². The number of hydrogen-bond acceptors (Lipinski definition) is 4. The van der Waals surface area contributed by atoms with Crippen LogP contribution in [0.15, 0.2) is 24.3 Å². The van der Waals surface area contributed by atoms with Gasteiger partial charge in [0.1, 0.15) is 10.0 Å². The smallest absolute Gasteiger partial charge is 0.213 e. The van der Waals surface area contributed by atoms with E-state index in [0.717, 1.165) is 5.56 Å². The van der Waals surface area contributed by atoms with Crippen LogP contribution in [0.2, 0.25) is 4.34 Å². The number of anilines is 2. The topological polar surface area (TPSA) is 68.0 Å². The summed E-state index contributed by atoms with van der Waals surface area (Å²) in [6.45, 7) is 0. The summed E-state index contributed by atoms with van der Waals surface area (Å²) in [5.41, 5.74) is 7.79. The van der Waals surface area contributed by atoms with Gasteiger partial charge in [-0.3, -0.25) is 4.79 Å². The fourth-order valence-corrected chi connectivity index (χ4v) is 2.28. The molecule has 3 N–H and O–H groups in total. The summed E-state index contributed by atoms with van der Waals surface area (Å²) < 4.78 is 0.536. The second kappa shape index (κ2) is 4.51. The molecule has 0 atom stereocenters. The highest BCUT2D eigenvalue weighted by molar-refractivity contribution is 7.20. The highest BCUT2D eigenvalue weighted by Crippen LogP contribution is 2.35. The molecule has 0 aliphatic rings. The maximum atomic E-state index is 10.3. The van der Waals surface area contributed by atoms with Gasteiger partial charge in [0.25, 0.3) is 0 Å². The van der Waals surface area contributed by atoms with Crippen LogP contribution in [-0.2, 0) is 4.79 Å². The van der Waals surface area contributed by atoms with Gasteiger partial charge < -0.3 is 11.1 Å². The molecule has 0 saturated heterocycles. The molecule has 1 amide bonds. The number of hydrogen-bond donors (Lipinski definition) is 2. The molecule has 0 unspecified atom stereocenters. The lowest BCUT2D eigenvalue weighted by molar-refractivity contribution is -0.105. The molecule has 1 heterocycles. The number of aromatic nitrogens is 1. The molecule has 6 heteroatoms. The van der Waals surface area contributed by atoms with Crippen molar-refractivity contribution in [1.82, 2.24) is 4.98 Å². The number of carbonyl (C=O) groups excluding carboxylic acids is 1. The van der Waals surface area contributed by atoms with Crippen LogP contribution in [0.25, 0.3) is 11.3 Å². The fourth-order valence-electron chi connectivity index (χ4n) is 1.23. The van der Waals surface area contributed by atoms with Gasteiger partial charge in [-0.15, -0.1) is 0 Å². The zero-order chi connectivity index (χ0) is 11.5. The van der Waals surface area contributed by atoms with E-state index in [4.69, 9.17) is 17.3 Å². The highest BCUT2D eigenvalue weighted by atomic mass is 35.5. The molecule has 0 radical (unpaired) electrons. The van der Waals surface area contributed by atoms with Crippen molar-refractivity contribution in [3.8, 4) is 11.3 Å². The minimum atomic E-state index is 0.479. The molecular weight excluding hydrogens is 246 g/mol. The molecule has 4 nitrogen and oxygen atoms in total. The molecule has 0 saturated carbocycles. The quantitative estimate of drug-likeness (QED) is 0.653. The van der Waals surface area contributed by atoms with Crippen molar-refractivity contribution >= 4 is 40.2 Å². The van der Waals surface area contributed by atoms with Gasteiger partial charge in [-0.2, -0.15) is 0 Å². The number of benzene rings is 1. The zero-order valence-electron chi connectivity index (χ0n) is 8.11. The predicted molar refractivity (Wildman–Crippen MR) is 66.7 cm³/mol. The normalized spacial score (nSPS) is 10.1. The molecule has 2 rings (SSSR count). The number of rotatable bonds is 3.